The molecule has 0 aromatic heterocycles. The second-order valence-electron chi connectivity index (χ2n) is 4.90. The predicted molar refractivity (Wildman–Crippen MR) is 70.7 cm³/mol. The molecule has 1 atom stereocenters. The average molecular weight is 284 g/mol. The molecule has 1 fully saturated rings. The highest BCUT2D eigenvalue weighted by atomic mass is 19.3. The van der Waals surface area contributed by atoms with Crippen LogP contribution < -0.4 is 15.4 Å². The number of rotatable bonds is 7. The summed E-state index contributed by atoms with van der Waals surface area (Å²) in [7, 11) is 0. The first-order valence-electron chi connectivity index (χ1n) is 6.62. The Bertz CT molecular complexity index is 464. The van der Waals surface area contributed by atoms with Crippen LogP contribution in [-0.2, 0) is 4.79 Å². The average Bonchev–Trinajstić information content (AvgIpc) is 3.20. The van der Waals surface area contributed by atoms with E-state index in [9.17, 15) is 13.6 Å². The summed E-state index contributed by atoms with van der Waals surface area (Å²) in [5.41, 5.74) is 0.725. The molecule has 1 aliphatic carbocycles. The third-order valence-electron chi connectivity index (χ3n) is 3.09. The molecule has 2 rings (SSSR count). The summed E-state index contributed by atoms with van der Waals surface area (Å²) in [5, 5.41) is 5.93. The number of alkyl halides is 2. The van der Waals surface area contributed by atoms with Crippen LogP contribution in [0.15, 0.2) is 24.3 Å². The quantitative estimate of drug-likeness (QED) is 0.807. The van der Waals surface area contributed by atoms with Gasteiger partial charge >= 0.3 is 6.61 Å². The Morgan fingerprint density at radius 1 is 1.45 bits per heavy atom. The number of amides is 1. The Kier molecular flexibility index (Phi) is 4.89. The zero-order chi connectivity index (χ0) is 14.5. The number of halogens is 2. The van der Waals surface area contributed by atoms with Gasteiger partial charge in [-0.1, -0.05) is 12.1 Å². The zero-order valence-electron chi connectivity index (χ0n) is 11.2. The van der Waals surface area contributed by atoms with Crippen LogP contribution in [0.25, 0.3) is 0 Å². The molecule has 2 N–H and O–H groups in total. The number of carbonyl (C=O) groups is 1. The first kappa shape index (κ1) is 14.7. The Morgan fingerprint density at radius 2 is 2.20 bits per heavy atom. The van der Waals surface area contributed by atoms with Crippen LogP contribution in [0.1, 0.15) is 31.4 Å². The molecule has 1 unspecified atom stereocenters. The van der Waals surface area contributed by atoms with E-state index < -0.39 is 6.61 Å². The summed E-state index contributed by atoms with van der Waals surface area (Å²) in [4.78, 5) is 11.7. The van der Waals surface area contributed by atoms with E-state index in [1.807, 2.05) is 0 Å². The molecule has 1 aromatic rings. The molecular formula is C14H18F2N2O2. The highest BCUT2D eigenvalue weighted by Gasteiger charge is 2.21. The molecule has 1 aromatic carbocycles. The molecule has 110 valence electrons. The maximum absolute atomic E-state index is 12.1. The van der Waals surface area contributed by atoms with Crippen LogP contribution in [0.3, 0.4) is 0 Å². The minimum atomic E-state index is -2.85. The second-order valence-corrected chi connectivity index (χ2v) is 4.90. The van der Waals surface area contributed by atoms with Crippen molar-refractivity contribution >= 4 is 5.91 Å². The van der Waals surface area contributed by atoms with Crippen LogP contribution in [0.4, 0.5) is 8.78 Å². The van der Waals surface area contributed by atoms with Crippen molar-refractivity contribution in [1.82, 2.24) is 10.6 Å². The molecule has 6 heteroatoms. The lowest BCUT2D eigenvalue weighted by molar-refractivity contribution is -0.120. The Balaban J connectivity index is 1.86. The van der Waals surface area contributed by atoms with Crippen LogP contribution in [0.5, 0.6) is 5.75 Å². The second kappa shape index (κ2) is 6.65. The van der Waals surface area contributed by atoms with Crippen LogP contribution >= 0.6 is 0 Å². The molecule has 1 amide bonds. The number of carbonyl (C=O) groups excluding carboxylic acids is 1. The van der Waals surface area contributed by atoms with Crippen molar-refractivity contribution in [2.45, 2.75) is 38.5 Å². The molecule has 0 radical (unpaired) electrons. The van der Waals surface area contributed by atoms with Crippen molar-refractivity contribution in [3.8, 4) is 5.75 Å². The summed E-state index contributed by atoms with van der Waals surface area (Å²) in [6.07, 6.45) is 2.24. The molecular weight excluding hydrogens is 266 g/mol. The topological polar surface area (TPSA) is 50.4 Å². The molecule has 0 bridgehead atoms. The zero-order valence-corrected chi connectivity index (χ0v) is 11.2. The summed E-state index contributed by atoms with van der Waals surface area (Å²) >= 11 is 0. The van der Waals surface area contributed by atoms with Crippen LogP contribution in [0.2, 0.25) is 0 Å². The van der Waals surface area contributed by atoms with E-state index in [1.165, 1.54) is 12.1 Å². The van der Waals surface area contributed by atoms with E-state index >= 15 is 0 Å². The van der Waals surface area contributed by atoms with Gasteiger partial charge < -0.3 is 15.4 Å². The van der Waals surface area contributed by atoms with Crippen molar-refractivity contribution in [1.29, 1.82) is 0 Å². The van der Waals surface area contributed by atoms with E-state index in [0.29, 0.717) is 6.04 Å². The van der Waals surface area contributed by atoms with E-state index in [1.54, 1.807) is 19.1 Å². The minimum absolute atomic E-state index is 0.0923. The van der Waals surface area contributed by atoms with E-state index in [4.69, 9.17) is 0 Å². The third kappa shape index (κ3) is 4.77. The summed E-state index contributed by atoms with van der Waals surface area (Å²) in [6, 6.07) is 6.56. The lowest BCUT2D eigenvalue weighted by Gasteiger charge is -2.15. The molecule has 0 aliphatic heterocycles. The van der Waals surface area contributed by atoms with Crippen molar-refractivity contribution in [3.05, 3.63) is 29.8 Å². The van der Waals surface area contributed by atoms with Gasteiger partial charge in [-0.15, -0.1) is 0 Å². The van der Waals surface area contributed by atoms with Gasteiger partial charge in [0.2, 0.25) is 5.91 Å². The molecule has 0 heterocycles. The van der Waals surface area contributed by atoms with Gasteiger partial charge in [0.15, 0.2) is 0 Å². The largest absolute Gasteiger partial charge is 0.435 e. The maximum atomic E-state index is 12.1. The van der Waals surface area contributed by atoms with Crippen LogP contribution in [-0.4, -0.2) is 25.1 Å². The highest BCUT2D eigenvalue weighted by Crippen LogP contribution is 2.21. The van der Waals surface area contributed by atoms with E-state index in [2.05, 4.69) is 15.4 Å². The van der Waals surface area contributed by atoms with Gasteiger partial charge in [-0.3, -0.25) is 4.79 Å². The van der Waals surface area contributed by atoms with Crippen molar-refractivity contribution in [2.24, 2.45) is 0 Å². The third-order valence-corrected chi connectivity index (χ3v) is 3.09. The number of nitrogens with one attached hydrogen (secondary N) is 2. The molecule has 0 spiro atoms. The maximum Gasteiger partial charge on any atom is 0.387 e. The van der Waals surface area contributed by atoms with Crippen molar-refractivity contribution in [2.75, 3.05) is 6.54 Å². The van der Waals surface area contributed by atoms with Gasteiger partial charge in [-0.25, -0.2) is 0 Å². The number of benzene rings is 1. The van der Waals surface area contributed by atoms with Crippen LogP contribution in [0, 0.1) is 0 Å². The monoisotopic (exact) mass is 284 g/mol. The highest BCUT2D eigenvalue weighted by molar-refractivity contribution is 5.78. The summed E-state index contributed by atoms with van der Waals surface area (Å²) in [6.45, 7) is -0.767. The predicted octanol–water partition coefficient (Wildman–Crippen LogP) is 2.22. The van der Waals surface area contributed by atoms with Gasteiger partial charge in [0.25, 0.3) is 0 Å². The smallest absolute Gasteiger partial charge is 0.387 e. The first-order chi connectivity index (χ1) is 9.54. The Labute approximate surface area is 116 Å². The first-order valence-corrected chi connectivity index (χ1v) is 6.62. The van der Waals surface area contributed by atoms with E-state index in [0.717, 1.165) is 18.4 Å². The lowest BCUT2D eigenvalue weighted by Crippen LogP contribution is -2.36. The van der Waals surface area contributed by atoms with Gasteiger partial charge in [-0.05, 0) is 37.5 Å². The SMILES string of the molecule is CC(NC(=O)CNC1CC1)c1cccc(OC(F)F)c1. The van der Waals surface area contributed by atoms with Gasteiger partial charge in [0.1, 0.15) is 5.75 Å². The fourth-order valence-electron chi connectivity index (χ4n) is 1.86. The lowest BCUT2D eigenvalue weighted by atomic mass is 10.1. The molecule has 20 heavy (non-hydrogen) atoms. The van der Waals surface area contributed by atoms with Crippen molar-refractivity contribution in [3.63, 3.8) is 0 Å². The molecule has 0 saturated heterocycles. The molecule has 1 saturated carbocycles. The molecule has 4 nitrogen and oxygen atoms in total. The summed E-state index contributed by atoms with van der Waals surface area (Å²) in [5.74, 6) is -0.0146. The standard InChI is InChI=1S/C14H18F2N2O2/c1-9(18-13(19)8-17-11-5-6-11)10-3-2-4-12(7-10)20-14(15)16/h2-4,7,9,11,14,17H,5-6,8H2,1H3,(H,18,19). The van der Waals surface area contributed by atoms with E-state index in [-0.39, 0.29) is 24.2 Å². The Morgan fingerprint density at radius 3 is 2.85 bits per heavy atom. The number of hydrogen-bond acceptors (Lipinski definition) is 3. The van der Waals surface area contributed by atoms with Gasteiger partial charge in [0.05, 0.1) is 12.6 Å². The van der Waals surface area contributed by atoms with Gasteiger partial charge in [-0.2, -0.15) is 8.78 Å². The fraction of sp³-hybridized carbons (Fsp3) is 0.500. The number of hydrogen-bond donors (Lipinski definition) is 2. The normalized spacial score (nSPS) is 16.0. The molecule has 1 aliphatic rings. The van der Waals surface area contributed by atoms with Crippen molar-refractivity contribution < 1.29 is 18.3 Å². The van der Waals surface area contributed by atoms with Gasteiger partial charge in [0, 0.05) is 6.04 Å². The number of ether oxygens (including phenoxy) is 1. The Hall–Kier alpha value is -1.69. The fourth-order valence-corrected chi connectivity index (χ4v) is 1.86. The minimum Gasteiger partial charge on any atom is -0.435 e. The summed E-state index contributed by atoms with van der Waals surface area (Å²) < 4.78 is 28.6.